The molecule has 0 aromatic heterocycles. The standard InChI is InChI=1S/C57H110O6/c1-6-9-10-11-12-13-22-27-34-39-44-49-57(60)63-54(51-62-56(59)48-43-38-33-29-28-31-36-41-46-53(5)8-3)50-61-55(58)47-42-37-32-26-24-21-19-17-15-14-16-18-20-23-25-30-35-40-45-52(4)7-2/h52-54H,6-51H2,1-5H3/t52?,53?,54-/m0/s1. The third-order valence-corrected chi connectivity index (χ3v) is 13.7. The Balaban J connectivity index is 4.19. The zero-order chi connectivity index (χ0) is 46.1. The van der Waals surface area contributed by atoms with Crippen molar-refractivity contribution in [3.05, 3.63) is 0 Å². The van der Waals surface area contributed by atoms with Gasteiger partial charge in [0.15, 0.2) is 6.10 Å². The monoisotopic (exact) mass is 891 g/mol. The van der Waals surface area contributed by atoms with E-state index in [9.17, 15) is 14.4 Å². The minimum absolute atomic E-state index is 0.0633. The van der Waals surface area contributed by atoms with Gasteiger partial charge in [0, 0.05) is 19.3 Å². The zero-order valence-electron chi connectivity index (χ0n) is 43.2. The first kappa shape index (κ1) is 61.4. The summed E-state index contributed by atoms with van der Waals surface area (Å²) in [5.41, 5.74) is 0. The molecule has 0 aliphatic rings. The molecular weight excluding hydrogens is 781 g/mol. The predicted octanol–water partition coefficient (Wildman–Crippen LogP) is 18.5. The number of rotatable bonds is 51. The summed E-state index contributed by atoms with van der Waals surface area (Å²) in [6.07, 6.45) is 52.3. The fraction of sp³-hybridized carbons (Fsp3) is 0.947. The highest BCUT2D eigenvalue weighted by Gasteiger charge is 2.19. The largest absolute Gasteiger partial charge is 0.462 e. The fourth-order valence-electron chi connectivity index (χ4n) is 8.63. The second kappa shape index (κ2) is 49.8. The number of carbonyl (C=O) groups is 3. The van der Waals surface area contributed by atoms with Crippen LogP contribution in [0.15, 0.2) is 0 Å². The molecule has 374 valence electrons. The summed E-state index contributed by atoms with van der Waals surface area (Å²) in [7, 11) is 0. The lowest BCUT2D eigenvalue weighted by Gasteiger charge is -2.18. The third kappa shape index (κ3) is 48.2. The fourth-order valence-corrected chi connectivity index (χ4v) is 8.63. The van der Waals surface area contributed by atoms with Crippen molar-refractivity contribution in [3.63, 3.8) is 0 Å². The molecule has 3 atom stereocenters. The maximum absolute atomic E-state index is 12.8. The molecule has 0 saturated heterocycles. The Labute approximate surface area is 393 Å². The van der Waals surface area contributed by atoms with E-state index in [1.807, 2.05) is 0 Å². The van der Waals surface area contributed by atoms with Crippen LogP contribution in [0.2, 0.25) is 0 Å². The normalized spacial score (nSPS) is 12.9. The number of esters is 3. The smallest absolute Gasteiger partial charge is 0.306 e. The summed E-state index contributed by atoms with van der Waals surface area (Å²) in [5, 5.41) is 0. The summed E-state index contributed by atoms with van der Waals surface area (Å²) < 4.78 is 16.8. The van der Waals surface area contributed by atoms with Gasteiger partial charge in [-0.25, -0.2) is 0 Å². The van der Waals surface area contributed by atoms with E-state index < -0.39 is 6.10 Å². The van der Waals surface area contributed by atoms with E-state index in [1.54, 1.807) is 0 Å². The minimum Gasteiger partial charge on any atom is -0.462 e. The molecular formula is C57H110O6. The molecule has 0 aromatic carbocycles. The molecule has 0 aliphatic heterocycles. The van der Waals surface area contributed by atoms with Crippen LogP contribution in [0, 0.1) is 11.8 Å². The summed E-state index contributed by atoms with van der Waals surface area (Å²) >= 11 is 0. The van der Waals surface area contributed by atoms with Crippen molar-refractivity contribution in [2.75, 3.05) is 13.2 Å². The zero-order valence-corrected chi connectivity index (χ0v) is 43.2. The summed E-state index contributed by atoms with van der Waals surface area (Å²) in [6, 6.07) is 0. The number of ether oxygens (including phenoxy) is 3. The first-order valence-electron chi connectivity index (χ1n) is 28.3. The highest BCUT2D eigenvalue weighted by molar-refractivity contribution is 5.71. The SMILES string of the molecule is CCCCCCCCCCCCCC(=O)O[C@@H](COC(=O)CCCCCCCCCCCCCCCCCCCCC(C)CC)COC(=O)CCCCCCCCCCC(C)CC. The number of carbonyl (C=O) groups excluding carboxylic acids is 3. The highest BCUT2D eigenvalue weighted by atomic mass is 16.6. The van der Waals surface area contributed by atoms with Gasteiger partial charge >= 0.3 is 17.9 Å². The van der Waals surface area contributed by atoms with Crippen LogP contribution in [-0.4, -0.2) is 37.2 Å². The molecule has 6 nitrogen and oxygen atoms in total. The molecule has 0 spiro atoms. The van der Waals surface area contributed by atoms with Gasteiger partial charge in [-0.15, -0.1) is 0 Å². The van der Waals surface area contributed by atoms with Crippen LogP contribution in [-0.2, 0) is 28.6 Å². The van der Waals surface area contributed by atoms with Crippen LogP contribution in [0.1, 0.15) is 317 Å². The second-order valence-corrected chi connectivity index (χ2v) is 20.1. The third-order valence-electron chi connectivity index (χ3n) is 13.7. The van der Waals surface area contributed by atoms with Gasteiger partial charge in [-0.3, -0.25) is 14.4 Å². The summed E-state index contributed by atoms with van der Waals surface area (Å²) in [4.78, 5) is 38.0. The van der Waals surface area contributed by atoms with E-state index in [2.05, 4.69) is 34.6 Å². The second-order valence-electron chi connectivity index (χ2n) is 20.1. The van der Waals surface area contributed by atoms with Gasteiger partial charge in [-0.2, -0.15) is 0 Å². The van der Waals surface area contributed by atoms with Gasteiger partial charge in [0.2, 0.25) is 0 Å². The highest BCUT2D eigenvalue weighted by Crippen LogP contribution is 2.19. The Morgan fingerprint density at radius 1 is 0.317 bits per heavy atom. The van der Waals surface area contributed by atoms with Gasteiger partial charge in [0.05, 0.1) is 0 Å². The number of unbranched alkanes of at least 4 members (excludes halogenated alkanes) is 34. The topological polar surface area (TPSA) is 78.9 Å². The Morgan fingerprint density at radius 2 is 0.556 bits per heavy atom. The van der Waals surface area contributed by atoms with Crippen molar-refractivity contribution in [1.29, 1.82) is 0 Å². The van der Waals surface area contributed by atoms with Crippen molar-refractivity contribution in [3.8, 4) is 0 Å². The summed E-state index contributed by atoms with van der Waals surface area (Å²) in [6.45, 7) is 11.4. The van der Waals surface area contributed by atoms with Crippen LogP contribution in [0.5, 0.6) is 0 Å². The van der Waals surface area contributed by atoms with Gasteiger partial charge in [-0.1, -0.05) is 279 Å². The van der Waals surface area contributed by atoms with E-state index in [-0.39, 0.29) is 31.1 Å². The molecule has 0 heterocycles. The lowest BCUT2D eigenvalue weighted by molar-refractivity contribution is -0.167. The number of hydrogen-bond donors (Lipinski definition) is 0. The van der Waals surface area contributed by atoms with E-state index in [0.29, 0.717) is 19.3 Å². The molecule has 0 aliphatic carbocycles. The molecule has 0 N–H and O–H groups in total. The maximum Gasteiger partial charge on any atom is 0.306 e. The van der Waals surface area contributed by atoms with Gasteiger partial charge in [0.25, 0.3) is 0 Å². The van der Waals surface area contributed by atoms with Crippen LogP contribution in [0.3, 0.4) is 0 Å². The van der Waals surface area contributed by atoms with E-state index in [0.717, 1.165) is 69.6 Å². The van der Waals surface area contributed by atoms with Gasteiger partial charge in [-0.05, 0) is 31.1 Å². The van der Waals surface area contributed by atoms with Crippen LogP contribution >= 0.6 is 0 Å². The lowest BCUT2D eigenvalue weighted by Crippen LogP contribution is -2.30. The van der Waals surface area contributed by atoms with Crippen LogP contribution in [0.25, 0.3) is 0 Å². The average Bonchev–Trinajstić information content (AvgIpc) is 3.28. The van der Waals surface area contributed by atoms with Gasteiger partial charge < -0.3 is 14.2 Å². The van der Waals surface area contributed by atoms with Crippen LogP contribution < -0.4 is 0 Å². The molecule has 2 unspecified atom stereocenters. The predicted molar refractivity (Wildman–Crippen MR) is 270 cm³/mol. The van der Waals surface area contributed by atoms with Crippen molar-refractivity contribution in [1.82, 2.24) is 0 Å². The lowest BCUT2D eigenvalue weighted by atomic mass is 9.99. The number of hydrogen-bond acceptors (Lipinski definition) is 6. The minimum atomic E-state index is -0.762. The molecule has 0 aromatic rings. The Morgan fingerprint density at radius 3 is 0.825 bits per heavy atom. The van der Waals surface area contributed by atoms with E-state index in [1.165, 1.54) is 205 Å². The van der Waals surface area contributed by atoms with Crippen LogP contribution in [0.4, 0.5) is 0 Å². The van der Waals surface area contributed by atoms with E-state index >= 15 is 0 Å². The quantitative estimate of drug-likeness (QED) is 0.0344. The molecule has 0 bridgehead atoms. The molecule has 0 fully saturated rings. The Hall–Kier alpha value is -1.59. The Kier molecular flexibility index (Phi) is 48.6. The summed E-state index contributed by atoms with van der Waals surface area (Å²) in [5.74, 6) is 0.913. The maximum atomic E-state index is 12.8. The molecule has 0 rings (SSSR count). The first-order valence-corrected chi connectivity index (χ1v) is 28.3. The molecule has 0 radical (unpaired) electrons. The van der Waals surface area contributed by atoms with Crippen molar-refractivity contribution in [2.45, 2.75) is 323 Å². The average molecular weight is 892 g/mol. The Bertz CT molecular complexity index is 966. The first-order chi connectivity index (χ1) is 30.8. The van der Waals surface area contributed by atoms with Gasteiger partial charge in [0.1, 0.15) is 13.2 Å². The van der Waals surface area contributed by atoms with Crippen molar-refractivity contribution < 1.29 is 28.6 Å². The van der Waals surface area contributed by atoms with E-state index in [4.69, 9.17) is 14.2 Å². The molecule has 63 heavy (non-hydrogen) atoms. The van der Waals surface area contributed by atoms with Crippen molar-refractivity contribution >= 4 is 17.9 Å². The molecule has 0 amide bonds. The molecule has 0 saturated carbocycles. The van der Waals surface area contributed by atoms with Crippen molar-refractivity contribution in [2.24, 2.45) is 11.8 Å². The molecule has 6 heteroatoms.